The molecule has 0 radical (unpaired) electrons. The fraction of sp³-hybridized carbons (Fsp3) is 0.286. The molecule has 3 amide bonds. The Morgan fingerprint density at radius 3 is 2.26 bits per heavy atom. The van der Waals surface area contributed by atoms with Crippen LogP contribution in [0.5, 0.6) is 0 Å². The van der Waals surface area contributed by atoms with E-state index in [-0.39, 0.29) is 23.8 Å². The zero-order valence-electron chi connectivity index (χ0n) is 14.7. The Balaban J connectivity index is 1.49. The van der Waals surface area contributed by atoms with E-state index in [2.05, 4.69) is 0 Å². The molecule has 2 aliphatic heterocycles. The molecule has 0 N–H and O–H groups in total. The van der Waals surface area contributed by atoms with Gasteiger partial charge in [-0.1, -0.05) is 23.7 Å². The van der Waals surface area contributed by atoms with Crippen molar-refractivity contribution >= 4 is 35.0 Å². The highest BCUT2D eigenvalue weighted by atomic mass is 35.5. The van der Waals surface area contributed by atoms with Crippen LogP contribution in [0.15, 0.2) is 42.5 Å². The zero-order chi connectivity index (χ0) is 18.9. The molecule has 2 aromatic rings. The van der Waals surface area contributed by atoms with Gasteiger partial charge in [0, 0.05) is 23.3 Å². The zero-order valence-corrected chi connectivity index (χ0v) is 15.5. The van der Waals surface area contributed by atoms with Gasteiger partial charge in [-0.2, -0.15) is 0 Å². The number of hydrogen-bond acceptors (Lipinski definition) is 3. The average molecular weight is 381 g/mol. The summed E-state index contributed by atoms with van der Waals surface area (Å²) < 4.78 is 0. The van der Waals surface area contributed by atoms with E-state index in [1.165, 1.54) is 4.90 Å². The van der Waals surface area contributed by atoms with Crippen molar-refractivity contribution < 1.29 is 14.4 Å². The second-order valence-electron chi connectivity index (χ2n) is 7.38. The minimum absolute atomic E-state index is 0.0372. The lowest BCUT2D eigenvalue weighted by molar-refractivity contribution is -0.128. The number of amides is 3. The molecule has 0 bridgehead atoms. The number of halogens is 1. The van der Waals surface area contributed by atoms with Crippen LogP contribution in [0, 0.1) is 0 Å². The van der Waals surface area contributed by atoms with Gasteiger partial charge < -0.3 is 4.90 Å². The minimum atomic E-state index is -0.684. The van der Waals surface area contributed by atoms with E-state index in [1.54, 1.807) is 35.2 Å². The van der Waals surface area contributed by atoms with Crippen molar-refractivity contribution in [2.45, 2.75) is 31.2 Å². The molecule has 0 unspecified atom stereocenters. The number of rotatable bonds is 2. The van der Waals surface area contributed by atoms with Crippen LogP contribution in [0.1, 0.15) is 46.0 Å². The molecule has 1 fully saturated rings. The number of benzene rings is 2. The Kier molecular flexibility index (Phi) is 3.32. The molecule has 0 aromatic heterocycles. The molecule has 3 aliphatic rings. The predicted octanol–water partition coefficient (Wildman–Crippen LogP) is 3.40. The van der Waals surface area contributed by atoms with Gasteiger partial charge >= 0.3 is 0 Å². The van der Waals surface area contributed by atoms with Gasteiger partial charge in [0.1, 0.15) is 0 Å². The van der Waals surface area contributed by atoms with Gasteiger partial charge in [-0.25, -0.2) is 0 Å². The van der Waals surface area contributed by atoms with Crippen molar-refractivity contribution in [3.63, 3.8) is 0 Å². The van der Waals surface area contributed by atoms with Gasteiger partial charge in [-0.05, 0) is 55.7 Å². The summed E-state index contributed by atoms with van der Waals surface area (Å²) in [6.07, 6.45) is 0.891. The quantitative estimate of drug-likeness (QED) is 0.750. The van der Waals surface area contributed by atoms with Gasteiger partial charge in [-0.3, -0.25) is 19.3 Å². The van der Waals surface area contributed by atoms with Crippen molar-refractivity contribution in [2.75, 3.05) is 11.4 Å². The van der Waals surface area contributed by atoms with Crippen LogP contribution in [0.2, 0.25) is 5.02 Å². The lowest BCUT2D eigenvalue weighted by Crippen LogP contribution is -2.58. The molecule has 1 aliphatic carbocycles. The molecule has 2 heterocycles. The molecule has 5 rings (SSSR count). The van der Waals surface area contributed by atoms with Crippen LogP contribution in [-0.4, -0.2) is 35.2 Å². The van der Waals surface area contributed by atoms with E-state index in [4.69, 9.17) is 11.6 Å². The smallest absolute Gasteiger partial charge is 0.261 e. The molecular formula is C21H17ClN2O3. The molecule has 1 saturated carbocycles. The highest BCUT2D eigenvalue weighted by Crippen LogP contribution is 2.55. The number of nitrogens with zero attached hydrogens (tertiary/aromatic N) is 2. The normalized spacial score (nSPS) is 25.9. The summed E-state index contributed by atoms with van der Waals surface area (Å²) in [5.41, 5.74) is 2.00. The molecule has 136 valence electrons. The second kappa shape index (κ2) is 5.42. The standard InChI is InChI=1S/C21H17ClN2O3/c1-2-23-17-8-7-12(22)9-16(17)21(20(23)27)10-13(11-21)24-18(25)14-5-3-4-6-15(14)19(24)26/h3-9,13H,2,10-11H2,1H3. The summed E-state index contributed by atoms with van der Waals surface area (Å²) >= 11 is 6.19. The number of likely N-dealkylation sites (N-methyl/N-ethyl adjacent to an activating group) is 1. The van der Waals surface area contributed by atoms with Crippen molar-refractivity contribution in [3.05, 3.63) is 64.2 Å². The van der Waals surface area contributed by atoms with Crippen LogP contribution in [0.25, 0.3) is 0 Å². The molecular weight excluding hydrogens is 364 g/mol. The maximum absolute atomic E-state index is 13.1. The highest BCUT2D eigenvalue weighted by Gasteiger charge is 2.61. The molecule has 27 heavy (non-hydrogen) atoms. The SMILES string of the molecule is CCN1C(=O)C2(CC(N3C(=O)c4ccccc4C3=O)C2)c2cc(Cl)ccc21. The van der Waals surface area contributed by atoms with E-state index in [9.17, 15) is 14.4 Å². The predicted molar refractivity (Wildman–Crippen MR) is 101 cm³/mol. The number of carbonyl (C=O) groups excluding carboxylic acids is 3. The number of hydrogen-bond donors (Lipinski definition) is 0. The van der Waals surface area contributed by atoms with Crippen LogP contribution in [0.3, 0.4) is 0 Å². The molecule has 0 atom stereocenters. The van der Waals surface area contributed by atoms with E-state index in [0.29, 0.717) is 35.5 Å². The number of carbonyl (C=O) groups is 3. The van der Waals surface area contributed by atoms with Crippen LogP contribution >= 0.6 is 11.6 Å². The molecule has 1 spiro atoms. The third kappa shape index (κ3) is 1.98. The van der Waals surface area contributed by atoms with Gasteiger partial charge in [0.15, 0.2) is 0 Å². The molecule has 6 heteroatoms. The number of anilines is 1. The monoisotopic (exact) mass is 380 g/mol. The van der Waals surface area contributed by atoms with E-state index >= 15 is 0 Å². The Morgan fingerprint density at radius 2 is 1.67 bits per heavy atom. The van der Waals surface area contributed by atoms with Crippen LogP contribution < -0.4 is 4.90 Å². The molecule has 5 nitrogen and oxygen atoms in total. The number of fused-ring (bicyclic) bond motifs is 3. The first-order chi connectivity index (χ1) is 13.0. The Morgan fingerprint density at radius 1 is 1.04 bits per heavy atom. The van der Waals surface area contributed by atoms with Gasteiger partial charge in [0.05, 0.1) is 16.5 Å². The van der Waals surface area contributed by atoms with Crippen molar-refractivity contribution in [2.24, 2.45) is 0 Å². The fourth-order valence-corrected chi connectivity index (χ4v) is 4.96. The van der Waals surface area contributed by atoms with E-state index in [0.717, 1.165) is 11.3 Å². The summed E-state index contributed by atoms with van der Waals surface area (Å²) in [5.74, 6) is -0.491. The van der Waals surface area contributed by atoms with Crippen LogP contribution in [0.4, 0.5) is 5.69 Å². The van der Waals surface area contributed by atoms with Crippen LogP contribution in [-0.2, 0) is 10.2 Å². The van der Waals surface area contributed by atoms with Crippen molar-refractivity contribution in [1.29, 1.82) is 0 Å². The first kappa shape index (κ1) is 16.5. The van der Waals surface area contributed by atoms with Gasteiger partial charge in [-0.15, -0.1) is 0 Å². The maximum Gasteiger partial charge on any atom is 0.261 e. The lowest BCUT2D eigenvalue weighted by atomic mass is 9.61. The topological polar surface area (TPSA) is 57.7 Å². The summed E-state index contributed by atoms with van der Waals surface area (Å²) in [7, 11) is 0. The van der Waals surface area contributed by atoms with Gasteiger partial charge in [0.2, 0.25) is 5.91 Å². The lowest BCUT2D eigenvalue weighted by Gasteiger charge is -2.47. The third-order valence-corrected chi connectivity index (χ3v) is 6.33. The highest BCUT2D eigenvalue weighted by molar-refractivity contribution is 6.31. The Bertz CT molecular complexity index is 991. The summed E-state index contributed by atoms with van der Waals surface area (Å²) in [4.78, 5) is 41.7. The van der Waals surface area contributed by atoms with E-state index in [1.807, 2.05) is 19.1 Å². The average Bonchev–Trinajstić information content (AvgIpc) is 3.02. The summed E-state index contributed by atoms with van der Waals surface area (Å²) in [6, 6.07) is 12.1. The first-order valence-corrected chi connectivity index (χ1v) is 9.44. The summed E-state index contributed by atoms with van der Waals surface area (Å²) in [6.45, 7) is 2.52. The van der Waals surface area contributed by atoms with Crippen molar-refractivity contribution in [1.82, 2.24) is 4.90 Å². The first-order valence-electron chi connectivity index (χ1n) is 9.07. The van der Waals surface area contributed by atoms with Crippen molar-refractivity contribution in [3.8, 4) is 0 Å². The molecule has 0 saturated heterocycles. The largest absolute Gasteiger partial charge is 0.312 e. The Labute approximate surface area is 161 Å². The second-order valence-corrected chi connectivity index (χ2v) is 7.82. The third-order valence-electron chi connectivity index (χ3n) is 6.09. The number of imide groups is 1. The maximum atomic E-state index is 13.1. The Hall–Kier alpha value is -2.66. The minimum Gasteiger partial charge on any atom is -0.312 e. The van der Waals surface area contributed by atoms with Gasteiger partial charge in [0.25, 0.3) is 11.8 Å². The summed E-state index contributed by atoms with van der Waals surface area (Å²) in [5, 5.41) is 0.586. The van der Waals surface area contributed by atoms with E-state index < -0.39 is 5.41 Å². The fourth-order valence-electron chi connectivity index (χ4n) is 4.79. The molecule has 2 aromatic carbocycles.